The standard InChI is InChI=1S/C14H28N2O/c1-3-4-5-6-7-14(17)16-9-8-12(2)10-13(16)11-15/h12-13H,3-11,15H2,1-2H3. The third-order valence-electron chi connectivity index (χ3n) is 3.81. The summed E-state index contributed by atoms with van der Waals surface area (Å²) in [6.45, 7) is 5.98. The van der Waals surface area contributed by atoms with Gasteiger partial charge in [-0.1, -0.05) is 33.1 Å². The summed E-state index contributed by atoms with van der Waals surface area (Å²) in [5.74, 6) is 1.04. The fourth-order valence-electron chi connectivity index (χ4n) is 2.65. The highest BCUT2D eigenvalue weighted by Gasteiger charge is 2.28. The monoisotopic (exact) mass is 240 g/mol. The molecule has 0 spiro atoms. The lowest BCUT2D eigenvalue weighted by Crippen LogP contribution is -2.49. The molecule has 1 aliphatic rings. The Morgan fingerprint density at radius 3 is 2.76 bits per heavy atom. The van der Waals surface area contributed by atoms with Crippen molar-refractivity contribution in [2.75, 3.05) is 13.1 Å². The zero-order valence-electron chi connectivity index (χ0n) is 11.5. The van der Waals surface area contributed by atoms with Crippen LogP contribution < -0.4 is 5.73 Å². The van der Waals surface area contributed by atoms with Crippen molar-refractivity contribution >= 4 is 5.91 Å². The van der Waals surface area contributed by atoms with Gasteiger partial charge in [0.15, 0.2) is 0 Å². The topological polar surface area (TPSA) is 46.3 Å². The average Bonchev–Trinajstić information content (AvgIpc) is 2.34. The fraction of sp³-hybridized carbons (Fsp3) is 0.929. The molecule has 0 saturated carbocycles. The first-order valence-corrected chi connectivity index (χ1v) is 7.18. The number of hydrogen-bond acceptors (Lipinski definition) is 2. The van der Waals surface area contributed by atoms with Gasteiger partial charge in [0.05, 0.1) is 0 Å². The van der Waals surface area contributed by atoms with Gasteiger partial charge in [0.1, 0.15) is 0 Å². The van der Waals surface area contributed by atoms with E-state index in [9.17, 15) is 4.79 Å². The minimum atomic E-state index is 0.289. The molecule has 100 valence electrons. The zero-order chi connectivity index (χ0) is 12.7. The van der Waals surface area contributed by atoms with Crippen molar-refractivity contribution in [3.63, 3.8) is 0 Å². The van der Waals surface area contributed by atoms with E-state index < -0.39 is 0 Å². The second kappa shape index (κ2) is 7.70. The van der Waals surface area contributed by atoms with Crippen LogP contribution in [0.1, 0.15) is 58.8 Å². The number of likely N-dealkylation sites (tertiary alicyclic amines) is 1. The van der Waals surface area contributed by atoms with Crippen LogP contribution in [-0.2, 0) is 4.79 Å². The summed E-state index contributed by atoms with van der Waals surface area (Å²) in [6.07, 6.45) is 7.61. The van der Waals surface area contributed by atoms with Gasteiger partial charge >= 0.3 is 0 Å². The SMILES string of the molecule is CCCCCCC(=O)N1CCC(C)CC1CN. The van der Waals surface area contributed by atoms with Gasteiger partial charge in [-0.25, -0.2) is 0 Å². The lowest BCUT2D eigenvalue weighted by atomic mass is 9.92. The first kappa shape index (κ1) is 14.5. The molecule has 1 fully saturated rings. The third kappa shape index (κ3) is 4.66. The summed E-state index contributed by atoms with van der Waals surface area (Å²) in [7, 11) is 0. The number of nitrogens with zero attached hydrogens (tertiary/aromatic N) is 1. The van der Waals surface area contributed by atoms with Crippen LogP contribution in [0.15, 0.2) is 0 Å². The average molecular weight is 240 g/mol. The van der Waals surface area contributed by atoms with Gasteiger partial charge in [-0.15, -0.1) is 0 Å². The zero-order valence-corrected chi connectivity index (χ0v) is 11.5. The van der Waals surface area contributed by atoms with Crippen LogP contribution in [-0.4, -0.2) is 29.9 Å². The van der Waals surface area contributed by atoms with Gasteiger partial charge in [-0.2, -0.15) is 0 Å². The molecule has 1 saturated heterocycles. The Morgan fingerprint density at radius 1 is 1.35 bits per heavy atom. The molecule has 0 bridgehead atoms. The fourth-order valence-corrected chi connectivity index (χ4v) is 2.65. The smallest absolute Gasteiger partial charge is 0.222 e. The molecule has 0 aromatic carbocycles. The molecule has 0 aromatic heterocycles. The second-order valence-corrected chi connectivity index (χ2v) is 5.42. The molecule has 2 atom stereocenters. The minimum Gasteiger partial charge on any atom is -0.338 e. The van der Waals surface area contributed by atoms with Crippen molar-refractivity contribution in [1.82, 2.24) is 4.90 Å². The maximum atomic E-state index is 12.1. The molecule has 0 radical (unpaired) electrons. The van der Waals surface area contributed by atoms with Crippen molar-refractivity contribution in [3.8, 4) is 0 Å². The molecule has 2 N–H and O–H groups in total. The molecule has 1 amide bonds. The normalized spacial score (nSPS) is 25.0. The maximum Gasteiger partial charge on any atom is 0.222 e. The van der Waals surface area contributed by atoms with Gasteiger partial charge < -0.3 is 10.6 Å². The van der Waals surface area contributed by atoms with Crippen LogP contribution in [0.5, 0.6) is 0 Å². The maximum absolute atomic E-state index is 12.1. The van der Waals surface area contributed by atoms with Crippen LogP contribution in [0.4, 0.5) is 0 Å². The highest BCUT2D eigenvalue weighted by atomic mass is 16.2. The van der Waals surface area contributed by atoms with Crippen LogP contribution >= 0.6 is 0 Å². The summed E-state index contributed by atoms with van der Waals surface area (Å²) in [5, 5.41) is 0. The highest BCUT2D eigenvalue weighted by molar-refractivity contribution is 5.76. The summed E-state index contributed by atoms with van der Waals surface area (Å²) in [6, 6.07) is 0.289. The van der Waals surface area contributed by atoms with E-state index in [-0.39, 0.29) is 6.04 Å². The van der Waals surface area contributed by atoms with Crippen LogP contribution in [0, 0.1) is 5.92 Å². The Balaban J connectivity index is 2.33. The third-order valence-corrected chi connectivity index (χ3v) is 3.81. The molecular formula is C14H28N2O. The van der Waals surface area contributed by atoms with Gasteiger partial charge in [0.2, 0.25) is 5.91 Å². The summed E-state index contributed by atoms with van der Waals surface area (Å²) in [4.78, 5) is 14.1. The predicted molar refractivity (Wildman–Crippen MR) is 71.7 cm³/mol. The number of amides is 1. The van der Waals surface area contributed by atoms with Gasteiger partial charge in [0.25, 0.3) is 0 Å². The van der Waals surface area contributed by atoms with E-state index in [0.29, 0.717) is 24.8 Å². The number of hydrogen-bond donors (Lipinski definition) is 1. The number of carbonyl (C=O) groups is 1. The van der Waals surface area contributed by atoms with E-state index in [0.717, 1.165) is 25.8 Å². The van der Waals surface area contributed by atoms with E-state index in [1.54, 1.807) is 0 Å². The molecule has 17 heavy (non-hydrogen) atoms. The van der Waals surface area contributed by atoms with Crippen LogP contribution in [0.3, 0.4) is 0 Å². The van der Waals surface area contributed by atoms with Crippen molar-refractivity contribution in [2.24, 2.45) is 11.7 Å². The molecule has 0 aromatic rings. The Morgan fingerprint density at radius 2 is 2.12 bits per heavy atom. The van der Waals surface area contributed by atoms with E-state index in [1.807, 2.05) is 4.90 Å². The molecular weight excluding hydrogens is 212 g/mol. The van der Waals surface area contributed by atoms with Crippen molar-refractivity contribution in [2.45, 2.75) is 64.8 Å². The Labute approximate surface area is 106 Å². The molecule has 3 nitrogen and oxygen atoms in total. The van der Waals surface area contributed by atoms with E-state index in [2.05, 4.69) is 13.8 Å². The van der Waals surface area contributed by atoms with Crippen molar-refractivity contribution in [1.29, 1.82) is 0 Å². The van der Waals surface area contributed by atoms with E-state index in [4.69, 9.17) is 5.73 Å². The van der Waals surface area contributed by atoms with Crippen LogP contribution in [0.25, 0.3) is 0 Å². The summed E-state index contributed by atoms with van der Waals surface area (Å²) in [5.41, 5.74) is 5.78. The lowest BCUT2D eigenvalue weighted by molar-refractivity contribution is -0.135. The molecule has 3 heteroatoms. The largest absolute Gasteiger partial charge is 0.338 e. The number of carbonyl (C=O) groups excluding carboxylic acids is 1. The Hall–Kier alpha value is -0.570. The number of piperidine rings is 1. The first-order valence-electron chi connectivity index (χ1n) is 7.18. The first-order chi connectivity index (χ1) is 8.19. The molecule has 0 aliphatic carbocycles. The van der Waals surface area contributed by atoms with E-state index >= 15 is 0 Å². The van der Waals surface area contributed by atoms with Crippen molar-refractivity contribution < 1.29 is 4.79 Å². The van der Waals surface area contributed by atoms with E-state index in [1.165, 1.54) is 19.3 Å². The molecule has 1 aliphatic heterocycles. The highest BCUT2D eigenvalue weighted by Crippen LogP contribution is 2.23. The van der Waals surface area contributed by atoms with Gasteiger partial charge in [-0.05, 0) is 25.2 Å². The Kier molecular flexibility index (Phi) is 6.56. The molecule has 2 unspecified atom stereocenters. The minimum absolute atomic E-state index is 0.289. The van der Waals surface area contributed by atoms with Crippen molar-refractivity contribution in [3.05, 3.63) is 0 Å². The van der Waals surface area contributed by atoms with Gasteiger partial charge in [0, 0.05) is 25.6 Å². The summed E-state index contributed by atoms with van der Waals surface area (Å²) < 4.78 is 0. The van der Waals surface area contributed by atoms with Gasteiger partial charge in [-0.3, -0.25) is 4.79 Å². The molecule has 1 rings (SSSR count). The lowest BCUT2D eigenvalue weighted by Gasteiger charge is -2.38. The van der Waals surface area contributed by atoms with Crippen LogP contribution in [0.2, 0.25) is 0 Å². The molecule has 1 heterocycles. The number of unbranched alkanes of at least 4 members (excludes halogenated alkanes) is 3. The quantitative estimate of drug-likeness (QED) is 0.725. The number of rotatable bonds is 6. The second-order valence-electron chi connectivity index (χ2n) is 5.42. The predicted octanol–water partition coefficient (Wildman–Crippen LogP) is 2.54. The number of nitrogens with two attached hydrogens (primary N) is 1. The summed E-state index contributed by atoms with van der Waals surface area (Å²) >= 11 is 0. The Bertz CT molecular complexity index is 230.